The van der Waals surface area contributed by atoms with E-state index in [-0.39, 0.29) is 32.0 Å². The average Bonchev–Trinajstić information content (AvgIpc) is 3.00. The van der Waals surface area contributed by atoms with Gasteiger partial charge in [0.1, 0.15) is 0 Å². The maximum absolute atomic E-state index is 11.2. The molecule has 0 aliphatic rings. The summed E-state index contributed by atoms with van der Waals surface area (Å²) < 4.78 is 74.7. The second-order valence-electron chi connectivity index (χ2n) is 10.6. The number of rotatable bonds is 19. The molecule has 248 valence electrons. The standard InChI is InChI=1S/C33H46N2O8S2/c1-5-34(6-2)29-16-11-26(12-17-29)33(27-13-18-30(19-14-27)35(7-3)8-4)28-15-20-31(42-21-9-23-44(36,37)38)32(25-28)43-22-10-24-45(39,40)41/h11-20,25,33H,5-10,21-24H2,1-4H3,(H,36,37,38)(H,39,40,41). The van der Waals surface area contributed by atoms with Crippen molar-refractivity contribution in [2.24, 2.45) is 0 Å². The molecule has 3 aromatic rings. The first-order valence-corrected chi connectivity index (χ1v) is 18.6. The van der Waals surface area contributed by atoms with Gasteiger partial charge in [-0.1, -0.05) is 30.3 Å². The van der Waals surface area contributed by atoms with Crippen LogP contribution in [0, 0.1) is 0 Å². The summed E-state index contributed by atoms with van der Waals surface area (Å²) in [5.41, 5.74) is 5.32. The summed E-state index contributed by atoms with van der Waals surface area (Å²) in [5.74, 6) is -0.342. The largest absolute Gasteiger partial charge is 0.490 e. The fourth-order valence-corrected chi connectivity index (χ4v) is 6.26. The molecule has 10 nitrogen and oxygen atoms in total. The van der Waals surface area contributed by atoms with E-state index in [1.54, 1.807) is 6.07 Å². The van der Waals surface area contributed by atoms with Crippen molar-refractivity contribution in [1.82, 2.24) is 0 Å². The summed E-state index contributed by atoms with van der Waals surface area (Å²) in [4.78, 5) is 4.56. The quantitative estimate of drug-likeness (QED) is 0.0912. The predicted molar refractivity (Wildman–Crippen MR) is 180 cm³/mol. The van der Waals surface area contributed by atoms with Crippen LogP contribution in [-0.2, 0) is 20.2 Å². The number of nitrogens with zero attached hydrogens (tertiary/aromatic N) is 2. The molecule has 0 unspecified atom stereocenters. The molecule has 0 radical (unpaired) electrons. The molecule has 0 aliphatic carbocycles. The summed E-state index contributed by atoms with van der Waals surface area (Å²) in [5, 5.41) is 0. The predicted octanol–water partition coefficient (Wildman–Crippen LogP) is 5.87. The van der Waals surface area contributed by atoms with Crippen LogP contribution in [0.5, 0.6) is 11.5 Å². The molecule has 0 spiro atoms. The van der Waals surface area contributed by atoms with Gasteiger partial charge >= 0.3 is 0 Å². The molecule has 3 rings (SSSR count). The third kappa shape index (κ3) is 11.2. The highest BCUT2D eigenvalue weighted by Crippen LogP contribution is 2.38. The van der Waals surface area contributed by atoms with Crippen molar-refractivity contribution in [2.75, 3.05) is 60.7 Å². The van der Waals surface area contributed by atoms with Gasteiger partial charge in [0.05, 0.1) is 24.7 Å². The normalized spacial score (nSPS) is 11.9. The van der Waals surface area contributed by atoms with E-state index in [0.29, 0.717) is 11.5 Å². The molecule has 0 saturated heterocycles. The Morgan fingerprint density at radius 1 is 0.578 bits per heavy atom. The van der Waals surface area contributed by atoms with Gasteiger partial charge in [-0.05, 0) is 93.6 Å². The average molecular weight is 663 g/mol. The van der Waals surface area contributed by atoms with Crippen molar-refractivity contribution in [3.05, 3.63) is 83.4 Å². The second-order valence-corrected chi connectivity index (χ2v) is 13.8. The van der Waals surface area contributed by atoms with Gasteiger partial charge in [-0.25, -0.2) is 0 Å². The Morgan fingerprint density at radius 2 is 0.956 bits per heavy atom. The van der Waals surface area contributed by atoms with E-state index in [4.69, 9.17) is 18.6 Å². The lowest BCUT2D eigenvalue weighted by atomic mass is 9.84. The van der Waals surface area contributed by atoms with Crippen molar-refractivity contribution in [3.8, 4) is 11.5 Å². The minimum absolute atomic E-state index is 0.00637. The molecule has 0 aromatic heterocycles. The van der Waals surface area contributed by atoms with Crippen molar-refractivity contribution in [2.45, 2.75) is 46.5 Å². The van der Waals surface area contributed by atoms with Gasteiger partial charge in [-0.15, -0.1) is 0 Å². The zero-order chi connectivity index (χ0) is 33.0. The molecular formula is C33H46N2O8S2. The van der Waals surface area contributed by atoms with Crippen LogP contribution >= 0.6 is 0 Å². The lowest BCUT2D eigenvalue weighted by molar-refractivity contribution is 0.267. The van der Waals surface area contributed by atoms with Gasteiger partial charge in [0.25, 0.3) is 20.2 Å². The lowest BCUT2D eigenvalue weighted by Crippen LogP contribution is -2.22. The van der Waals surface area contributed by atoms with Crippen molar-refractivity contribution in [1.29, 1.82) is 0 Å². The molecule has 0 atom stereocenters. The first kappa shape index (κ1) is 36.2. The van der Waals surface area contributed by atoms with Crippen LogP contribution < -0.4 is 19.3 Å². The number of ether oxygens (including phenoxy) is 2. The highest BCUT2D eigenvalue weighted by molar-refractivity contribution is 7.86. The maximum atomic E-state index is 11.2. The Balaban J connectivity index is 2.03. The van der Waals surface area contributed by atoms with E-state index >= 15 is 0 Å². The van der Waals surface area contributed by atoms with Gasteiger partial charge in [0.2, 0.25) is 0 Å². The molecule has 3 aromatic carbocycles. The summed E-state index contributed by atoms with van der Waals surface area (Å²) in [6.45, 7) is 12.1. The topological polar surface area (TPSA) is 134 Å². The molecule has 12 heteroatoms. The van der Waals surface area contributed by atoms with Crippen LogP contribution in [0.1, 0.15) is 63.1 Å². The third-order valence-corrected chi connectivity index (χ3v) is 9.23. The highest BCUT2D eigenvalue weighted by Gasteiger charge is 2.21. The van der Waals surface area contributed by atoms with Crippen LogP contribution in [0.2, 0.25) is 0 Å². The molecule has 2 N–H and O–H groups in total. The zero-order valence-corrected chi connectivity index (χ0v) is 28.2. The van der Waals surface area contributed by atoms with Crippen molar-refractivity contribution in [3.63, 3.8) is 0 Å². The molecule has 0 saturated carbocycles. The Hall–Kier alpha value is -3.32. The first-order chi connectivity index (χ1) is 21.4. The Morgan fingerprint density at radius 3 is 1.33 bits per heavy atom. The molecule has 0 amide bonds. The summed E-state index contributed by atoms with van der Waals surface area (Å²) in [6, 6.07) is 22.5. The van der Waals surface area contributed by atoms with Crippen LogP contribution in [0.3, 0.4) is 0 Å². The molecule has 45 heavy (non-hydrogen) atoms. The van der Waals surface area contributed by atoms with Gasteiger partial charge < -0.3 is 19.3 Å². The molecule has 0 fully saturated rings. The minimum atomic E-state index is -4.14. The van der Waals surface area contributed by atoms with E-state index < -0.39 is 31.7 Å². The Bertz CT molecular complexity index is 1500. The van der Waals surface area contributed by atoms with E-state index in [2.05, 4.69) is 86.0 Å². The van der Waals surface area contributed by atoms with Gasteiger partial charge in [-0.2, -0.15) is 16.8 Å². The Labute approximate surface area is 268 Å². The third-order valence-electron chi connectivity index (χ3n) is 7.62. The Kier molecular flexibility index (Phi) is 13.5. The smallest absolute Gasteiger partial charge is 0.264 e. The summed E-state index contributed by atoms with van der Waals surface area (Å²) >= 11 is 0. The summed E-state index contributed by atoms with van der Waals surface area (Å²) in [6.07, 6.45) is 0.136. The number of anilines is 2. The van der Waals surface area contributed by atoms with Crippen LogP contribution in [0.25, 0.3) is 0 Å². The minimum Gasteiger partial charge on any atom is -0.490 e. The van der Waals surface area contributed by atoms with E-state index in [1.807, 2.05) is 12.1 Å². The lowest BCUT2D eigenvalue weighted by Gasteiger charge is -2.25. The number of hydrogen-bond acceptors (Lipinski definition) is 8. The van der Waals surface area contributed by atoms with Crippen LogP contribution in [0.4, 0.5) is 11.4 Å². The second kappa shape index (κ2) is 16.8. The van der Waals surface area contributed by atoms with Crippen LogP contribution in [-0.4, -0.2) is 76.8 Å². The van der Waals surface area contributed by atoms with Crippen molar-refractivity contribution >= 4 is 31.6 Å². The van der Waals surface area contributed by atoms with Crippen LogP contribution in [0.15, 0.2) is 66.7 Å². The van der Waals surface area contributed by atoms with Gasteiger partial charge in [0.15, 0.2) is 11.5 Å². The molecule has 0 aliphatic heterocycles. The van der Waals surface area contributed by atoms with Crippen molar-refractivity contribution < 1.29 is 35.4 Å². The molecule has 0 bridgehead atoms. The van der Waals surface area contributed by atoms with E-state index in [0.717, 1.165) is 54.2 Å². The maximum Gasteiger partial charge on any atom is 0.264 e. The van der Waals surface area contributed by atoms with Gasteiger partial charge in [-0.3, -0.25) is 9.11 Å². The fourth-order valence-electron chi connectivity index (χ4n) is 5.29. The SMILES string of the molecule is CCN(CC)c1ccc(C(c2ccc(N(CC)CC)cc2)c2ccc(OCCCS(=O)(=O)O)c(OCCCS(=O)(=O)O)c2)cc1. The monoisotopic (exact) mass is 662 g/mol. The number of hydrogen-bond donors (Lipinski definition) is 2. The highest BCUT2D eigenvalue weighted by atomic mass is 32.2. The van der Waals surface area contributed by atoms with Gasteiger partial charge in [0, 0.05) is 43.5 Å². The first-order valence-electron chi connectivity index (χ1n) is 15.4. The fraction of sp³-hybridized carbons (Fsp3) is 0.455. The zero-order valence-electron chi connectivity index (χ0n) is 26.6. The molecule has 0 heterocycles. The summed E-state index contributed by atoms with van der Waals surface area (Å²) in [7, 11) is -8.26. The van der Waals surface area contributed by atoms with E-state index in [1.165, 1.54) is 0 Å². The molecular weight excluding hydrogens is 617 g/mol. The van der Waals surface area contributed by atoms with E-state index in [9.17, 15) is 16.8 Å². The number of benzene rings is 3.